The third kappa shape index (κ3) is 9.23. The molecule has 0 aliphatic carbocycles. The number of benzene rings is 3. The third-order valence-electron chi connectivity index (χ3n) is 6.37. The van der Waals surface area contributed by atoms with Crippen LogP contribution in [-0.4, -0.2) is 57.1 Å². The molecule has 0 saturated carbocycles. The minimum Gasteiger partial charge on any atom is -0.492 e. The van der Waals surface area contributed by atoms with Gasteiger partial charge in [0.25, 0.3) is 0 Å². The number of ether oxygens (including phenoxy) is 1. The second kappa shape index (κ2) is 14.9. The van der Waals surface area contributed by atoms with E-state index in [1.165, 1.54) is 4.90 Å². The summed E-state index contributed by atoms with van der Waals surface area (Å²) in [6, 6.07) is 22.2. The van der Waals surface area contributed by atoms with Crippen molar-refractivity contribution in [1.29, 1.82) is 0 Å². The van der Waals surface area contributed by atoms with Crippen LogP contribution in [0.25, 0.3) is 0 Å². The topological polar surface area (TPSA) is 96.0 Å². The predicted octanol–water partition coefficient (Wildman–Crippen LogP) is 4.92. The first-order chi connectivity index (χ1) is 19.5. The largest absolute Gasteiger partial charge is 0.492 e. The van der Waals surface area contributed by atoms with Gasteiger partial charge in [0.2, 0.25) is 21.8 Å². The van der Waals surface area contributed by atoms with Gasteiger partial charge in [0.05, 0.1) is 18.6 Å². The van der Waals surface area contributed by atoms with Crippen molar-refractivity contribution >= 4 is 39.1 Å². The number of rotatable bonds is 14. The fourth-order valence-electron chi connectivity index (χ4n) is 4.32. The molecule has 0 aliphatic rings. The summed E-state index contributed by atoms with van der Waals surface area (Å²) in [5.74, 6) is -0.355. The average molecular weight is 600 g/mol. The van der Waals surface area contributed by atoms with Crippen LogP contribution >= 0.6 is 11.6 Å². The van der Waals surface area contributed by atoms with E-state index in [9.17, 15) is 18.0 Å². The smallest absolute Gasteiger partial charge is 0.244 e. The predicted molar refractivity (Wildman–Crippen MR) is 164 cm³/mol. The van der Waals surface area contributed by atoms with Crippen LogP contribution < -0.4 is 14.4 Å². The van der Waals surface area contributed by atoms with Gasteiger partial charge in [-0.3, -0.25) is 13.9 Å². The molecule has 3 aromatic carbocycles. The van der Waals surface area contributed by atoms with Crippen molar-refractivity contribution in [2.24, 2.45) is 5.92 Å². The summed E-state index contributed by atoms with van der Waals surface area (Å²) in [6.45, 7) is 5.98. The number of amides is 2. The maximum absolute atomic E-state index is 14.2. The molecule has 0 radical (unpaired) electrons. The molecule has 10 heteroatoms. The normalized spacial score (nSPS) is 12.0. The van der Waals surface area contributed by atoms with Gasteiger partial charge in [-0.2, -0.15) is 0 Å². The lowest BCUT2D eigenvalue weighted by Gasteiger charge is -2.34. The zero-order chi connectivity index (χ0) is 30.0. The van der Waals surface area contributed by atoms with Crippen LogP contribution in [0.4, 0.5) is 5.69 Å². The minimum absolute atomic E-state index is 0.00974. The fourth-order valence-corrected chi connectivity index (χ4v) is 5.37. The van der Waals surface area contributed by atoms with E-state index in [0.717, 1.165) is 16.1 Å². The lowest BCUT2D eigenvalue weighted by molar-refractivity contribution is -0.140. The lowest BCUT2D eigenvalue weighted by atomic mass is 10.0. The third-order valence-corrected chi connectivity index (χ3v) is 7.86. The van der Waals surface area contributed by atoms with Crippen LogP contribution in [0, 0.1) is 5.92 Å². The Morgan fingerprint density at radius 1 is 0.951 bits per heavy atom. The Bertz CT molecular complexity index is 1420. The number of hydrogen-bond donors (Lipinski definition) is 1. The van der Waals surface area contributed by atoms with Crippen LogP contribution in [0.5, 0.6) is 5.75 Å². The molecule has 0 fully saturated rings. The number of nitrogens with one attached hydrogen (secondary N) is 1. The summed E-state index contributed by atoms with van der Waals surface area (Å²) < 4.78 is 32.8. The fraction of sp³-hybridized carbons (Fsp3) is 0.355. The Morgan fingerprint density at radius 2 is 1.59 bits per heavy atom. The summed E-state index contributed by atoms with van der Waals surface area (Å²) >= 11 is 6.49. The van der Waals surface area contributed by atoms with Crippen LogP contribution in [0.1, 0.15) is 31.9 Å². The van der Waals surface area contributed by atoms with E-state index in [4.69, 9.17) is 16.3 Å². The number of carbonyl (C=O) groups excluding carboxylic acids is 2. The second-order valence-electron chi connectivity index (χ2n) is 10.1. The van der Waals surface area contributed by atoms with Gasteiger partial charge in [-0.05, 0) is 42.2 Å². The van der Waals surface area contributed by atoms with E-state index in [-0.39, 0.29) is 30.5 Å². The minimum atomic E-state index is -3.92. The van der Waals surface area contributed by atoms with Gasteiger partial charge >= 0.3 is 0 Å². The molecule has 41 heavy (non-hydrogen) atoms. The average Bonchev–Trinajstić information content (AvgIpc) is 2.93. The van der Waals surface area contributed by atoms with Crippen molar-refractivity contribution in [3.63, 3.8) is 0 Å². The first-order valence-electron chi connectivity index (χ1n) is 13.5. The van der Waals surface area contributed by atoms with Crippen molar-refractivity contribution in [3.8, 4) is 5.75 Å². The number of para-hydroxylation sites is 2. The number of carbonyl (C=O) groups is 2. The maximum atomic E-state index is 14.2. The highest BCUT2D eigenvalue weighted by Gasteiger charge is 2.34. The Morgan fingerprint density at radius 3 is 2.22 bits per heavy atom. The Kier molecular flexibility index (Phi) is 11.6. The van der Waals surface area contributed by atoms with E-state index in [1.807, 2.05) is 44.2 Å². The Labute approximate surface area is 248 Å². The molecule has 1 N–H and O–H groups in total. The van der Waals surface area contributed by atoms with Crippen LogP contribution in [0.3, 0.4) is 0 Å². The van der Waals surface area contributed by atoms with Crippen LogP contribution in [0.2, 0.25) is 5.02 Å². The quantitative estimate of drug-likeness (QED) is 0.284. The zero-order valence-corrected chi connectivity index (χ0v) is 25.5. The van der Waals surface area contributed by atoms with E-state index in [0.29, 0.717) is 29.5 Å². The molecule has 0 unspecified atom stereocenters. The molecule has 8 nitrogen and oxygen atoms in total. The van der Waals surface area contributed by atoms with E-state index in [1.54, 1.807) is 55.5 Å². The number of halogens is 1. The summed E-state index contributed by atoms with van der Waals surface area (Å²) in [5, 5.41) is 3.40. The molecule has 0 spiro atoms. The maximum Gasteiger partial charge on any atom is 0.244 e. The first-order valence-corrected chi connectivity index (χ1v) is 15.8. The highest BCUT2D eigenvalue weighted by Crippen LogP contribution is 2.30. The van der Waals surface area contributed by atoms with E-state index >= 15 is 0 Å². The molecule has 0 saturated heterocycles. The number of hydrogen-bond acceptors (Lipinski definition) is 5. The number of sulfonamides is 1. The van der Waals surface area contributed by atoms with Crippen LogP contribution in [0.15, 0.2) is 78.9 Å². The number of anilines is 1. The van der Waals surface area contributed by atoms with Gasteiger partial charge in [-0.15, -0.1) is 0 Å². The summed E-state index contributed by atoms with van der Waals surface area (Å²) in [7, 11) is -3.92. The van der Waals surface area contributed by atoms with E-state index < -0.39 is 28.5 Å². The Hall–Kier alpha value is -3.56. The number of nitrogens with zero attached hydrogens (tertiary/aromatic N) is 2. The van der Waals surface area contributed by atoms with Gasteiger partial charge in [0.15, 0.2) is 0 Å². The Balaban J connectivity index is 2.08. The van der Waals surface area contributed by atoms with Crippen LogP contribution in [-0.2, 0) is 32.6 Å². The van der Waals surface area contributed by atoms with Gasteiger partial charge in [-0.25, -0.2) is 8.42 Å². The molecule has 0 heterocycles. The standard InChI is InChI=1S/C31H38ClN3O5S/c1-5-40-29-18-12-11-17-27(29)35(41(4,38)39)22-30(36)34(21-25-15-9-10-16-26(25)32)28(31(37)33-20-23(2)3)19-24-13-7-6-8-14-24/h6-18,23,28H,5,19-22H2,1-4H3,(H,33,37)/t28-/m0/s1. The molecule has 1 atom stereocenters. The lowest BCUT2D eigenvalue weighted by Crippen LogP contribution is -2.53. The highest BCUT2D eigenvalue weighted by atomic mass is 35.5. The van der Waals surface area contributed by atoms with Crippen molar-refractivity contribution < 1.29 is 22.7 Å². The summed E-state index contributed by atoms with van der Waals surface area (Å²) in [5.41, 5.74) is 1.74. The SMILES string of the molecule is CCOc1ccccc1N(CC(=O)N(Cc1ccccc1Cl)[C@@H](Cc1ccccc1)C(=O)NCC(C)C)S(C)(=O)=O. The van der Waals surface area contributed by atoms with Crippen molar-refractivity contribution in [1.82, 2.24) is 10.2 Å². The van der Waals surface area contributed by atoms with Gasteiger partial charge in [0, 0.05) is 24.5 Å². The first kappa shape index (κ1) is 32.0. The molecule has 3 aromatic rings. The monoisotopic (exact) mass is 599 g/mol. The molecular formula is C31H38ClN3O5S. The molecule has 0 aromatic heterocycles. The second-order valence-corrected chi connectivity index (χ2v) is 12.4. The van der Waals surface area contributed by atoms with Gasteiger partial charge < -0.3 is 15.0 Å². The van der Waals surface area contributed by atoms with Gasteiger partial charge in [-0.1, -0.05) is 86.1 Å². The molecule has 0 bridgehead atoms. The van der Waals surface area contributed by atoms with Crippen molar-refractivity contribution in [2.75, 3.05) is 30.3 Å². The van der Waals surface area contributed by atoms with Gasteiger partial charge in [0.1, 0.15) is 18.3 Å². The summed E-state index contributed by atoms with van der Waals surface area (Å²) in [6.07, 6.45) is 1.27. The summed E-state index contributed by atoms with van der Waals surface area (Å²) in [4.78, 5) is 29.3. The molecule has 2 amide bonds. The highest BCUT2D eigenvalue weighted by molar-refractivity contribution is 7.92. The molecule has 0 aliphatic heterocycles. The zero-order valence-electron chi connectivity index (χ0n) is 23.9. The molecular weight excluding hydrogens is 562 g/mol. The van der Waals surface area contributed by atoms with E-state index in [2.05, 4.69) is 5.32 Å². The molecule has 3 rings (SSSR count). The van der Waals surface area contributed by atoms with Crippen molar-refractivity contribution in [2.45, 2.75) is 39.8 Å². The van der Waals surface area contributed by atoms with Crippen molar-refractivity contribution in [3.05, 3.63) is 95.0 Å². The molecule has 220 valence electrons.